The minimum absolute atomic E-state index is 0.209. The third kappa shape index (κ3) is 2.96. The van der Waals surface area contributed by atoms with E-state index in [1.807, 2.05) is 35.0 Å². The molecule has 0 aliphatic carbocycles. The lowest BCUT2D eigenvalue weighted by Gasteiger charge is -2.11. The van der Waals surface area contributed by atoms with Crippen LogP contribution in [0.15, 0.2) is 53.3 Å². The highest BCUT2D eigenvalue weighted by Crippen LogP contribution is 2.22. The largest absolute Gasteiger partial charge is 0.451 e. The maximum atomic E-state index is 12.3. The molecular weight excluding hydrogens is 304 g/mol. The Balaban J connectivity index is 1.42. The van der Waals surface area contributed by atoms with E-state index in [0.29, 0.717) is 12.3 Å². The molecule has 0 unspecified atom stereocenters. The van der Waals surface area contributed by atoms with E-state index in [0.717, 1.165) is 42.1 Å². The average molecular weight is 322 g/mol. The molecule has 0 aromatic carbocycles. The Morgan fingerprint density at radius 3 is 3.17 bits per heavy atom. The third-order valence-electron chi connectivity index (χ3n) is 4.13. The van der Waals surface area contributed by atoms with Crippen molar-refractivity contribution in [1.82, 2.24) is 20.0 Å². The van der Waals surface area contributed by atoms with E-state index in [1.54, 1.807) is 12.3 Å². The summed E-state index contributed by atoms with van der Waals surface area (Å²) in [5, 5.41) is 6.15. The number of carbonyl (C=O) groups is 1. The van der Waals surface area contributed by atoms with Gasteiger partial charge in [0.25, 0.3) is 5.91 Å². The van der Waals surface area contributed by atoms with Gasteiger partial charge in [0.05, 0.1) is 0 Å². The fourth-order valence-electron chi connectivity index (χ4n) is 2.81. The van der Waals surface area contributed by atoms with E-state index in [4.69, 9.17) is 4.42 Å². The number of pyridine rings is 1. The molecule has 3 aromatic heterocycles. The monoisotopic (exact) mass is 322 g/mol. The van der Waals surface area contributed by atoms with Crippen molar-refractivity contribution in [3.05, 3.63) is 66.0 Å². The summed E-state index contributed by atoms with van der Waals surface area (Å²) in [6.45, 7) is 2.21. The van der Waals surface area contributed by atoms with Gasteiger partial charge in [-0.3, -0.25) is 4.79 Å². The number of amides is 1. The number of aromatic nitrogens is 2. The number of imidazole rings is 1. The molecule has 4 heterocycles. The first-order valence-corrected chi connectivity index (χ1v) is 7.99. The van der Waals surface area contributed by atoms with Gasteiger partial charge in [0.2, 0.25) is 0 Å². The quantitative estimate of drug-likeness (QED) is 0.773. The first-order chi connectivity index (χ1) is 11.8. The predicted octanol–water partition coefficient (Wildman–Crippen LogP) is 2.23. The zero-order chi connectivity index (χ0) is 16.4. The van der Waals surface area contributed by atoms with Gasteiger partial charge >= 0.3 is 0 Å². The lowest BCUT2D eigenvalue weighted by atomic mass is 10.1. The fourth-order valence-corrected chi connectivity index (χ4v) is 2.81. The third-order valence-corrected chi connectivity index (χ3v) is 4.13. The zero-order valence-corrected chi connectivity index (χ0v) is 13.2. The molecular formula is C18H18N4O2. The molecule has 24 heavy (non-hydrogen) atoms. The van der Waals surface area contributed by atoms with Gasteiger partial charge in [-0.05, 0) is 48.4 Å². The zero-order valence-electron chi connectivity index (χ0n) is 13.2. The summed E-state index contributed by atoms with van der Waals surface area (Å²) in [6.07, 6.45) is 8.58. The lowest BCUT2D eigenvalue weighted by molar-refractivity contribution is 0.0922. The Bertz CT molecular complexity index is 907. The fraction of sp³-hybridized carbons (Fsp3) is 0.222. The molecule has 1 amide bonds. The standard InChI is InChI=1S/C18H18N4O2/c23-18(16-2-1-15(24-16)14-3-6-19-7-4-14)21-12-13-5-9-22-10-8-20-17(22)11-13/h1-3,5,8-11,19H,4,6-7,12H2,(H,21,23). The van der Waals surface area contributed by atoms with Crippen molar-refractivity contribution in [2.75, 3.05) is 13.1 Å². The Morgan fingerprint density at radius 2 is 2.29 bits per heavy atom. The summed E-state index contributed by atoms with van der Waals surface area (Å²) in [5.41, 5.74) is 3.01. The van der Waals surface area contributed by atoms with Crippen LogP contribution in [0.4, 0.5) is 0 Å². The summed E-state index contributed by atoms with van der Waals surface area (Å²) in [7, 11) is 0. The number of nitrogens with zero attached hydrogens (tertiary/aromatic N) is 2. The molecule has 0 bridgehead atoms. The molecule has 0 atom stereocenters. The molecule has 1 aliphatic rings. The Morgan fingerprint density at radius 1 is 1.33 bits per heavy atom. The van der Waals surface area contributed by atoms with Crippen LogP contribution in [0.1, 0.15) is 28.3 Å². The lowest BCUT2D eigenvalue weighted by Crippen LogP contribution is -2.22. The van der Waals surface area contributed by atoms with Crippen molar-refractivity contribution in [2.45, 2.75) is 13.0 Å². The van der Waals surface area contributed by atoms with Crippen molar-refractivity contribution >= 4 is 17.1 Å². The van der Waals surface area contributed by atoms with Crippen LogP contribution in [-0.4, -0.2) is 28.4 Å². The van der Waals surface area contributed by atoms with Gasteiger partial charge in [0, 0.05) is 31.7 Å². The van der Waals surface area contributed by atoms with Crippen LogP contribution in [0.5, 0.6) is 0 Å². The molecule has 1 aliphatic heterocycles. The molecule has 6 nitrogen and oxygen atoms in total. The van der Waals surface area contributed by atoms with Crippen molar-refractivity contribution in [1.29, 1.82) is 0 Å². The first-order valence-electron chi connectivity index (χ1n) is 7.99. The predicted molar refractivity (Wildman–Crippen MR) is 90.5 cm³/mol. The van der Waals surface area contributed by atoms with Crippen LogP contribution in [-0.2, 0) is 6.54 Å². The number of hydrogen-bond donors (Lipinski definition) is 2. The second-order valence-corrected chi connectivity index (χ2v) is 5.76. The minimum atomic E-state index is -0.209. The van der Waals surface area contributed by atoms with E-state index in [2.05, 4.69) is 21.7 Å². The number of furan rings is 1. The van der Waals surface area contributed by atoms with Crippen molar-refractivity contribution in [3.8, 4) is 0 Å². The summed E-state index contributed by atoms with van der Waals surface area (Å²) in [4.78, 5) is 16.5. The molecule has 0 spiro atoms. The van der Waals surface area contributed by atoms with Gasteiger partial charge in [-0.25, -0.2) is 4.98 Å². The molecule has 2 N–H and O–H groups in total. The Hall–Kier alpha value is -2.86. The van der Waals surface area contributed by atoms with E-state index < -0.39 is 0 Å². The molecule has 0 radical (unpaired) electrons. The number of hydrogen-bond acceptors (Lipinski definition) is 4. The van der Waals surface area contributed by atoms with Crippen LogP contribution in [0.25, 0.3) is 11.2 Å². The summed E-state index contributed by atoms with van der Waals surface area (Å²) in [6, 6.07) is 7.50. The van der Waals surface area contributed by atoms with Gasteiger partial charge in [-0.1, -0.05) is 6.08 Å². The molecule has 0 fully saturated rings. The van der Waals surface area contributed by atoms with Gasteiger partial charge < -0.3 is 19.5 Å². The van der Waals surface area contributed by atoms with Gasteiger partial charge in [0.15, 0.2) is 5.76 Å². The second-order valence-electron chi connectivity index (χ2n) is 5.76. The van der Waals surface area contributed by atoms with Gasteiger partial charge in [-0.15, -0.1) is 0 Å². The number of fused-ring (bicyclic) bond motifs is 1. The van der Waals surface area contributed by atoms with E-state index >= 15 is 0 Å². The number of rotatable bonds is 4. The highest BCUT2D eigenvalue weighted by atomic mass is 16.3. The van der Waals surface area contributed by atoms with Crippen LogP contribution in [0.3, 0.4) is 0 Å². The Kier molecular flexibility index (Phi) is 3.88. The van der Waals surface area contributed by atoms with Crippen LogP contribution >= 0.6 is 0 Å². The first kappa shape index (κ1) is 14.7. The van der Waals surface area contributed by atoms with E-state index in [-0.39, 0.29) is 5.91 Å². The van der Waals surface area contributed by atoms with E-state index in [9.17, 15) is 4.79 Å². The van der Waals surface area contributed by atoms with Crippen LogP contribution in [0, 0.1) is 0 Å². The molecule has 3 aromatic rings. The molecule has 122 valence electrons. The van der Waals surface area contributed by atoms with Crippen LogP contribution < -0.4 is 10.6 Å². The van der Waals surface area contributed by atoms with Gasteiger partial charge in [0.1, 0.15) is 11.4 Å². The average Bonchev–Trinajstić information content (AvgIpc) is 3.29. The summed E-state index contributed by atoms with van der Waals surface area (Å²) in [5.74, 6) is 0.908. The number of carbonyl (C=O) groups excluding carboxylic acids is 1. The number of nitrogens with one attached hydrogen (secondary N) is 2. The van der Waals surface area contributed by atoms with Gasteiger partial charge in [-0.2, -0.15) is 0 Å². The molecule has 4 rings (SSSR count). The van der Waals surface area contributed by atoms with Crippen molar-refractivity contribution in [3.63, 3.8) is 0 Å². The highest BCUT2D eigenvalue weighted by molar-refractivity contribution is 5.91. The molecule has 0 saturated heterocycles. The summed E-state index contributed by atoms with van der Waals surface area (Å²) < 4.78 is 7.63. The normalized spacial score (nSPS) is 14.6. The highest BCUT2D eigenvalue weighted by Gasteiger charge is 2.14. The summed E-state index contributed by atoms with van der Waals surface area (Å²) >= 11 is 0. The smallest absolute Gasteiger partial charge is 0.287 e. The van der Waals surface area contributed by atoms with Crippen LogP contribution in [0.2, 0.25) is 0 Å². The van der Waals surface area contributed by atoms with Crippen molar-refractivity contribution < 1.29 is 9.21 Å². The molecule has 0 saturated carbocycles. The minimum Gasteiger partial charge on any atom is -0.451 e. The van der Waals surface area contributed by atoms with Crippen molar-refractivity contribution in [2.24, 2.45) is 0 Å². The maximum Gasteiger partial charge on any atom is 0.287 e. The second kappa shape index (κ2) is 6.33. The molecule has 6 heteroatoms. The Labute approximate surface area is 139 Å². The van der Waals surface area contributed by atoms with E-state index in [1.165, 1.54) is 0 Å². The topological polar surface area (TPSA) is 71.6 Å². The SMILES string of the molecule is O=C(NCc1ccn2ccnc2c1)c1ccc(C2=CCNCC2)o1. The maximum absolute atomic E-state index is 12.3.